The number of thiophene rings is 2. The molecule has 1 aliphatic rings. The first-order valence-electron chi connectivity index (χ1n) is 9.55. The van der Waals surface area contributed by atoms with E-state index >= 15 is 0 Å². The Hall–Kier alpha value is -2.77. The van der Waals surface area contributed by atoms with Crippen molar-refractivity contribution < 1.29 is 9.21 Å². The van der Waals surface area contributed by atoms with Crippen LogP contribution in [-0.4, -0.2) is 27.5 Å². The van der Waals surface area contributed by atoms with E-state index in [-0.39, 0.29) is 11.9 Å². The van der Waals surface area contributed by atoms with Crippen LogP contribution in [0.2, 0.25) is 0 Å². The first-order valence-corrected chi connectivity index (χ1v) is 11.4. The molecule has 1 amide bonds. The summed E-state index contributed by atoms with van der Waals surface area (Å²) in [6.07, 6.45) is 1.71. The maximum atomic E-state index is 13.2. The molecule has 3 aromatic heterocycles. The Morgan fingerprint density at radius 3 is 2.86 bits per heavy atom. The molecule has 1 aromatic carbocycles. The highest BCUT2D eigenvalue weighted by atomic mass is 32.1. The van der Waals surface area contributed by atoms with E-state index in [1.165, 1.54) is 10.4 Å². The highest BCUT2D eigenvalue weighted by molar-refractivity contribution is 7.10. The summed E-state index contributed by atoms with van der Waals surface area (Å²) in [5.41, 5.74) is 3.32. The number of hydrogen-bond acceptors (Lipinski definition) is 6. The summed E-state index contributed by atoms with van der Waals surface area (Å²) in [6.45, 7) is 0.732. The fourth-order valence-corrected chi connectivity index (χ4v) is 5.33. The molecule has 5 rings (SSSR count). The fraction of sp³-hybridized carbons (Fsp3) is 0.227. The standard InChI is InChI=1S/C22H19N3O2S2/c26-20(7-6-19-23-24-22(27-19)16-9-12-28-14-16)25-11-8-18-17(10-13-29-18)21(25)15-4-2-1-3-5-15/h1-5,9-10,12-14,21H,6-8,11H2/t21-/m0/s1. The lowest BCUT2D eigenvalue weighted by Crippen LogP contribution is -2.40. The van der Waals surface area contributed by atoms with Gasteiger partial charge in [0.25, 0.3) is 0 Å². The number of carbonyl (C=O) groups is 1. The van der Waals surface area contributed by atoms with Crippen LogP contribution in [0.4, 0.5) is 0 Å². The van der Waals surface area contributed by atoms with Crippen molar-refractivity contribution in [1.82, 2.24) is 15.1 Å². The molecule has 29 heavy (non-hydrogen) atoms. The predicted octanol–water partition coefficient (Wildman–Crippen LogP) is 4.97. The molecule has 0 fully saturated rings. The number of carbonyl (C=O) groups excluding carboxylic acids is 1. The molecule has 146 valence electrons. The van der Waals surface area contributed by atoms with Crippen LogP contribution in [0.15, 0.2) is 63.0 Å². The number of nitrogens with zero attached hydrogens (tertiary/aromatic N) is 3. The minimum absolute atomic E-state index is 0.0252. The van der Waals surface area contributed by atoms with Crippen molar-refractivity contribution in [1.29, 1.82) is 0 Å². The van der Waals surface area contributed by atoms with Crippen LogP contribution in [0.25, 0.3) is 11.5 Å². The van der Waals surface area contributed by atoms with Crippen molar-refractivity contribution in [2.45, 2.75) is 25.3 Å². The van der Waals surface area contributed by atoms with Gasteiger partial charge >= 0.3 is 0 Å². The lowest BCUT2D eigenvalue weighted by atomic mass is 9.93. The SMILES string of the molecule is O=C(CCc1nnc(-c2ccsc2)o1)N1CCc2sccc2[C@@H]1c1ccccc1. The van der Waals surface area contributed by atoms with Crippen molar-refractivity contribution in [2.75, 3.05) is 6.54 Å². The van der Waals surface area contributed by atoms with Crippen LogP contribution in [0.3, 0.4) is 0 Å². The van der Waals surface area contributed by atoms with Crippen LogP contribution < -0.4 is 0 Å². The monoisotopic (exact) mass is 421 g/mol. The molecular formula is C22H19N3O2S2. The van der Waals surface area contributed by atoms with Crippen molar-refractivity contribution >= 4 is 28.6 Å². The lowest BCUT2D eigenvalue weighted by molar-refractivity contribution is -0.133. The van der Waals surface area contributed by atoms with E-state index in [1.54, 1.807) is 22.7 Å². The number of fused-ring (bicyclic) bond motifs is 1. The molecule has 0 saturated carbocycles. The zero-order valence-electron chi connectivity index (χ0n) is 15.7. The number of benzene rings is 1. The smallest absolute Gasteiger partial charge is 0.248 e. The molecule has 1 aliphatic heterocycles. The zero-order chi connectivity index (χ0) is 19.6. The number of aryl methyl sites for hydroxylation is 1. The third-order valence-electron chi connectivity index (χ3n) is 5.19. The maximum Gasteiger partial charge on any atom is 0.248 e. The first-order chi connectivity index (χ1) is 14.3. The van der Waals surface area contributed by atoms with Gasteiger partial charge in [0.2, 0.25) is 17.7 Å². The molecule has 0 spiro atoms. The molecule has 4 aromatic rings. The van der Waals surface area contributed by atoms with E-state index in [2.05, 4.69) is 33.8 Å². The van der Waals surface area contributed by atoms with Crippen molar-refractivity contribution in [3.63, 3.8) is 0 Å². The second-order valence-corrected chi connectivity index (χ2v) is 8.74. The third kappa shape index (κ3) is 3.63. The molecule has 0 aliphatic carbocycles. The molecule has 0 saturated heterocycles. The Morgan fingerprint density at radius 2 is 2.03 bits per heavy atom. The number of aromatic nitrogens is 2. The fourth-order valence-electron chi connectivity index (χ4n) is 3.79. The van der Waals surface area contributed by atoms with E-state index in [9.17, 15) is 4.79 Å². The van der Waals surface area contributed by atoms with Crippen LogP contribution >= 0.6 is 22.7 Å². The molecule has 4 heterocycles. The summed E-state index contributed by atoms with van der Waals surface area (Å²) in [4.78, 5) is 16.5. The quantitative estimate of drug-likeness (QED) is 0.457. The van der Waals surface area contributed by atoms with E-state index in [0.717, 1.165) is 24.1 Å². The van der Waals surface area contributed by atoms with Crippen molar-refractivity contribution in [3.8, 4) is 11.5 Å². The number of hydrogen-bond donors (Lipinski definition) is 0. The highest BCUT2D eigenvalue weighted by Crippen LogP contribution is 2.38. The normalized spacial score (nSPS) is 16.0. The van der Waals surface area contributed by atoms with E-state index in [4.69, 9.17) is 4.42 Å². The van der Waals surface area contributed by atoms with Gasteiger partial charge in [-0.2, -0.15) is 11.3 Å². The molecule has 1 atom stereocenters. The molecule has 0 bridgehead atoms. The van der Waals surface area contributed by atoms with Crippen LogP contribution in [0.1, 0.15) is 34.4 Å². The Labute approximate surface area is 176 Å². The second kappa shape index (κ2) is 7.93. The van der Waals surface area contributed by atoms with Crippen molar-refractivity contribution in [3.05, 3.63) is 80.5 Å². The Morgan fingerprint density at radius 1 is 1.14 bits per heavy atom. The molecule has 5 nitrogen and oxygen atoms in total. The molecule has 7 heteroatoms. The summed E-state index contributed by atoms with van der Waals surface area (Å²) < 4.78 is 5.74. The third-order valence-corrected chi connectivity index (χ3v) is 6.87. The van der Waals surface area contributed by atoms with Gasteiger partial charge in [-0.05, 0) is 40.4 Å². The van der Waals surface area contributed by atoms with E-state index in [0.29, 0.717) is 24.6 Å². The van der Waals surface area contributed by atoms with Crippen LogP contribution in [0.5, 0.6) is 0 Å². The zero-order valence-corrected chi connectivity index (χ0v) is 17.3. The predicted molar refractivity (Wildman–Crippen MR) is 114 cm³/mol. The molecular weight excluding hydrogens is 402 g/mol. The Bertz CT molecular complexity index is 1100. The topological polar surface area (TPSA) is 59.2 Å². The molecule has 0 N–H and O–H groups in total. The van der Waals surface area contributed by atoms with Gasteiger partial charge in [-0.25, -0.2) is 0 Å². The minimum Gasteiger partial charge on any atom is -0.421 e. The van der Waals surface area contributed by atoms with Gasteiger partial charge in [0.15, 0.2) is 0 Å². The summed E-state index contributed by atoms with van der Waals surface area (Å²) in [5.74, 6) is 1.13. The molecule has 0 radical (unpaired) electrons. The first kappa shape index (κ1) is 18.3. The summed E-state index contributed by atoms with van der Waals surface area (Å²) in [7, 11) is 0. The van der Waals surface area contributed by atoms with Gasteiger partial charge < -0.3 is 9.32 Å². The van der Waals surface area contributed by atoms with E-state index < -0.39 is 0 Å². The summed E-state index contributed by atoms with van der Waals surface area (Å²) >= 11 is 3.37. The Balaban J connectivity index is 1.33. The van der Waals surface area contributed by atoms with Gasteiger partial charge in [0, 0.05) is 35.2 Å². The largest absolute Gasteiger partial charge is 0.421 e. The van der Waals surface area contributed by atoms with Gasteiger partial charge in [0.1, 0.15) is 0 Å². The minimum atomic E-state index is -0.0252. The van der Waals surface area contributed by atoms with Gasteiger partial charge in [-0.15, -0.1) is 21.5 Å². The van der Waals surface area contributed by atoms with Crippen LogP contribution in [0, 0.1) is 0 Å². The number of amides is 1. The second-order valence-electron chi connectivity index (χ2n) is 6.96. The van der Waals surface area contributed by atoms with Crippen molar-refractivity contribution in [2.24, 2.45) is 0 Å². The van der Waals surface area contributed by atoms with Crippen LogP contribution in [-0.2, 0) is 17.6 Å². The van der Waals surface area contributed by atoms with E-state index in [1.807, 2.05) is 39.9 Å². The summed E-state index contributed by atoms with van der Waals surface area (Å²) in [5, 5.41) is 14.3. The summed E-state index contributed by atoms with van der Waals surface area (Å²) in [6, 6.07) is 14.3. The Kier molecular flexibility index (Phi) is 4.99. The molecule has 0 unspecified atom stereocenters. The average Bonchev–Trinajstić information content (AvgIpc) is 3.52. The maximum absolute atomic E-state index is 13.2. The lowest BCUT2D eigenvalue weighted by Gasteiger charge is -2.36. The number of rotatable bonds is 5. The highest BCUT2D eigenvalue weighted by Gasteiger charge is 2.32. The van der Waals surface area contributed by atoms with Gasteiger partial charge in [-0.1, -0.05) is 30.3 Å². The average molecular weight is 422 g/mol. The van der Waals surface area contributed by atoms with Gasteiger partial charge in [0.05, 0.1) is 6.04 Å². The van der Waals surface area contributed by atoms with Gasteiger partial charge in [-0.3, -0.25) is 4.79 Å².